The van der Waals surface area contributed by atoms with Crippen LogP contribution in [0.25, 0.3) is 0 Å². The van der Waals surface area contributed by atoms with Gasteiger partial charge in [0.1, 0.15) is 5.75 Å². The normalized spacial score (nSPS) is 12.1. The highest BCUT2D eigenvalue weighted by Crippen LogP contribution is 2.16. The van der Waals surface area contributed by atoms with Crippen molar-refractivity contribution in [3.8, 4) is 5.75 Å². The summed E-state index contributed by atoms with van der Waals surface area (Å²) < 4.78 is 28.1. The number of halogens is 1. The third-order valence-corrected chi connectivity index (χ3v) is 4.21. The summed E-state index contributed by atoms with van der Waals surface area (Å²) in [6.07, 6.45) is 3.09. The molecule has 1 atom stereocenters. The molecule has 0 fully saturated rings. The van der Waals surface area contributed by atoms with Crippen molar-refractivity contribution in [3.05, 3.63) is 24.3 Å². The van der Waals surface area contributed by atoms with Crippen LogP contribution in [-0.2, 0) is 14.6 Å². The first-order valence-corrected chi connectivity index (χ1v) is 9.14. The zero-order valence-electron chi connectivity index (χ0n) is 13.4. The van der Waals surface area contributed by atoms with E-state index in [1.165, 1.54) is 18.4 Å². The van der Waals surface area contributed by atoms with E-state index in [9.17, 15) is 13.2 Å². The van der Waals surface area contributed by atoms with E-state index in [2.05, 4.69) is 5.32 Å². The molecule has 0 aromatic heterocycles. The second-order valence-corrected chi connectivity index (χ2v) is 7.27. The van der Waals surface area contributed by atoms with Gasteiger partial charge in [0.15, 0.2) is 9.84 Å². The third kappa shape index (κ3) is 8.78. The van der Waals surface area contributed by atoms with Crippen LogP contribution in [0, 0.1) is 0 Å². The van der Waals surface area contributed by atoms with E-state index in [-0.39, 0.29) is 29.3 Å². The van der Waals surface area contributed by atoms with Crippen LogP contribution in [0.1, 0.15) is 26.2 Å². The average molecular weight is 365 g/mol. The summed E-state index contributed by atoms with van der Waals surface area (Å²) in [6, 6.07) is 6.30. The lowest BCUT2D eigenvalue weighted by atomic mass is 10.2. The van der Waals surface area contributed by atoms with Gasteiger partial charge in [-0.1, -0.05) is 0 Å². The van der Waals surface area contributed by atoms with Crippen molar-refractivity contribution in [2.75, 3.05) is 19.4 Å². The lowest BCUT2D eigenvalue weighted by Crippen LogP contribution is -2.37. The summed E-state index contributed by atoms with van der Waals surface area (Å²) >= 11 is 0. The Hall–Kier alpha value is -1.31. The predicted molar refractivity (Wildman–Crippen MR) is 92.8 cm³/mol. The molecule has 1 rings (SSSR count). The van der Waals surface area contributed by atoms with Crippen molar-refractivity contribution in [2.24, 2.45) is 5.73 Å². The van der Waals surface area contributed by atoms with Crippen molar-refractivity contribution in [3.63, 3.8) is 0 Å². The second kappa shape index (κ2) is 10.5. The molecule has 0 radical (unpaired) electrons. The summed E-state index contributed by atoms with van der Waals surface area (Å²) in [4.78, 5) is 11.8. The van der Waals surface area contributed by atoms with Gasteiger partial charge in [0.05, 0.1) is 11.5 Å². The minimum atomic E-state index is -3.18. The molecule has 23 heavy (non-hydrogen) atoms. The van der Waals surface area contributed by atoms with Crippen LogP contribution in [-0.4, -0.2) is 39.8 Å². The summed E-state index contributed by atoms with van der Waals surface area (Å²) in [5, 5.41) is 2.80. The molecule has 0 aliphatic carbocycles. The van der Waals surface area contributed by atoms with Gasteiger partial charge < -0.3 is 15.8 Å². The lowest BCUT2D eigenvalue weighted by molar-refractivity contribution is -0.121. The minimum absolute atomic E-state index is 0. The average Bonchev–Trinajstić information content (AvgIpc) is 2.46. The first-order chi connectivity index (χ1) is 10.3. The Morgan fingerprint density at radius 3 is 2.39 bits per heavy atom. The van der Waals surface area contributed by atoms with Gasteiger partial charge in [0.2, 0.25) is 5.91 Å². The van der Waals surface area contributed by atoms with E-state index in [1.54, 1.807) is 12.1 Å². The van der Waals surface area contributed by atoms with Gasteiger partial charge in [0, 0.05) is 25.3 Å². The van der Waals surface area contributed by atoms with Crippen LogP contribution in [0.5, 0.6) is 5.75 Å². The maximum Gasteiger partial charge on any atom is 0.220 e. The van der Waals surface area contributed by atoms with Gasteiger partial charge >= 0.3 is 0 Å². The molecule has 0 aliphatic rings. The van der Waals surface area contributed by atoms with Gasteiger partial charge in [-0.15, -0.1) is 12.4 Å². The van der Waals surface area contributed by atoms with Gasteiger partial charge in [-0.2, -0.15) is 0 Å². The number of unbranched alkanes of at least 4 members (excludes halogenated alkanes) is 1. The first-order valence-electron chi connectivity index (χ1n) is 7.25. The summed E-state index contributed by atoms with van der Waals surface area (Å²) in [7, 11) is -3.18. The molecule has 0 unspecified atom stereocenters. The van der Waals surface area contributed by atoms with Crippen molar-refractivity contribution in [1.82, 2.24) is 5.32 Å². The number of hydrogen-bond acceptors (Lipinski definition) is 5. The van der Waals surface area contributed by atoms with Crippen molar-refractivity contribution >= 4 is 28.2 Å². The Morgan fingerprint density at radius 2 is 1.87 bits per heavy atom. The summed E-state index contributed by atoms with van der Waals surface area (Å²) in [5.74, 6) is 0.615. The van der Waals surface area contributed by atoms with Crippen LogP contribution in [0.2, 0.25) is 0 Å². The Bertz CT molecular complexity index is 576. The maximum absolute atomic E-state index is 11.5. The van der Waals surface area contributed by atoms with Crippen LogP contribution < -0.4 is 15.8 Å². The fraction of sp³-hybridized carbons (Fsp3) is 0.533. The van der Waals surface area contributed by atoms with E-state index in [4.69, 9.17) is 10.5 Å². The number of benzene rings is 1. The molecule has 0 bridgehead atoms. The number of sulfone groups is 1. The largest absolute Gasteiger partial charge is 0.494 e. The molecular weight excluding hydrogens is 340 g/mol. The zero-order chi connectivity index (χ0) is 16.6. The third-order valence-electron chi connectivity index (χ3n) is 3.08. The predicted octanol–water partition coefficient (Wildman–Crippen LogP) is 1.52. The molecule has 1 amide bonds. The number of carbonyl (C=O) groups is 1. The number of nitrogens with one attached hydrogen (secondary N) is 1. The lowest BCUT2D eigenvalue weighted by Gasteiger charge is -2.11. The minimum Gasteiger partial charge on any atom is -0.494 e. The van der Waals surface area contributed by atoms with Gasteiger partial charge in [-0.3, -0.25) is 4.79 Å². The molecule has 1 aromatic carbocycles. The first kappa shape index (κ1) is 21.7. The smallest absolute Gasteiger partial charge is 0.220 e. The highest BCUT2D eigenvalue weighted by Gasteiger charge is 2.07. The molecular formula is C15H25ClN2O4S. The molecule has 0 spiro atoms. The number of nitrogens with two attached hydrogens (primary N) is 1. The standard InChI is InChI=1S/C15H24N2O4S.ClH/c1-12(11-16)17-15(18)5-3-4-10-21-13-6-8-14(9-7-13)22(2,19)20;/h6-9,12H,3-5,10-11,16H2,1-2H3,(H,17,18);1H/t12-;/m0./s1. The van der Waals surface area contributed by atoms with E-state index in [0.717, 1.165) is 12.8 Å². The molecule has 1 aromatic rings. The Balaban J connectivity index is 0.00000484. The number of amides is 1. The highest BCUT2D eigenvalue weighted by atomic mass is 35.5. The van der Waals surface area contributed by atoms with Gasteiger partial charge in [-0.25, -0.2) is 8.42 Å². The number of hydrogen-bond donors (Lipinski definition) is 2. The van der Waals surface area contributed by atoms with Crippen LogP contribution in [0.3, 0.4) is 0 Å². The topological polar surface area (TPSA) is 98.5 Å². The molecule has 0 heterocycles. The quantitative estimate of drug-likeness (QED) is 0.647. The molecule has 8 heteroatoms. The molecule has 3 N–H and O–H groups in total. The Morgan fingerprint density at radius 1 is 1.26 bits per heavy atom. The van der Waals surface area contributed by atoms with Gasteiger partial charge in [0.25, 0.3) is 0 Å². The second-order valence-electron chi connectivity index (χ2n) is 5.25. The van der Waals surface area contributed by atoms with E-state index >= 15 is 0 Å². The zero-order valence-corrected chi connectivity index (χ0v) is 15.1. The molecule has 132 valence electrons. The Kier molecular flexibility index (Phi) is 9.87. The van der Waals surface area contributed by atoms with E-state index in [0.29, 0.717) is 25.3 Å². The number of rotatable bonds is 9. The van der Waals surface area contributed by atoms with Crippen molar-refractivity contribution in [2.45, 2.75) is 37.1 Å². The van der Waals surface area contributed by atoms with Crippen LogP contribution >= 0.6 is 12.4 Å². The number of carbonyl (C=O) groups excluding carboxylic acids is 1. The fourth-order valence-corrected chi connectivity index (χ4v) is 2.40. The Labute approximate surface area is 144 Å². The van der Waals surface area contributed by atoms with Gasteiger partial charge in [-0.05, 0) is 44.0 Å². The maximum atomic E-state index is 11.5. The SMILES string of the molecule is C[C@@H](CN)NC(=O)CCCCOc1ccc(S(C)(=O)=O)cc1.Cl. The van der Waals surface area contributed by atoms with Crippen molar-refractivity contribution in [1.29, 1.82) is 0 Å². The monoisotopic (exact) mass is 364 g/mol. The van der Waals surface area contributed by atoms with E-state index < -0.39 is 9.84 Å². The van der Waals surface area contributed by atoms with E-state index in [1.807, 2.05) is 6.92 Å². The van der Waals surface area contributed by atoms with Crippen LogP contribution in [0.15, 0.2) is 29.2 Å². The summed E-state index contributed by atoms with van der Waals surface area (Å²) in [5.41, 5.74) is 5.43. The molecule has 0 saturated heterocycles. The molecule has 0 saturated carbocycles. The molecule has 0 aliphatic heterocycles. The molecule has 6 nitrogen and oxygen atoms in total. The van der Waals surface area contributed by atoms with Crippen LogP contribution in [0.4, 0.5) is 0 Å². The fourth-order valence-electron chi connectivity index (χ4n) is 1.77. The number of ether oxygens (including phenoxy) is 1. The summed E-state index contributed by atoms with van der Waals surface area (Å²) in [6.45, 7) is 2.78. The highest BCUT2D eigenvalue weighted by molar-refractivity contribution is 7.90. The van der Waals surface area contributed by atoms with Crippen molar-refractivity contribution < 1.29 is 17.9 Å².